The molecule has 0 radical (unpaired) electrons. The van der Waals surface area contributed by atoms with Gasteiger partial charge in [0.05, 0.1) is 10.8 Å². The molecule has 2 unspecified atom stereocenters. The highest BCUT2D eigenvalue weighted by molar-refractivity contribution is 8.00. The molecule has 0 spiro atoms. The summed E-state index contributed by atoms with van der Waals surface area (Å²) in [5, 5.41) is 2.75. The molecule has 0 bridgehead atoms. The van der Waals surface area contributed by atoms with Gasteiger partial charge in [-0.25, -0.2) is 0 Å². The minimum atomic E-state index is -4.29. The third kappa shape index (κ3) is 3.69. The normalized spacial score (nSPS) is 20.8. The van der Waals surface area contributed by atoms with Gasteiger partial charge in [0.25, 0.3) is 0 Å². The number of hydrogen-bond donors (Lipinski definition) is 1. The molecule has 1 aliphatic heterocycles. The van der Waals surface area contributed by atoms with E-state index in [4.69, 9.17) is 0 Å². The van der Waals surface area contributed by atoms with E-state index in [0.717, 1.165) is 29.9 Å². The fourth-order valence-corrected chi connectivity index (χ4v) is 3.32. The number of carbonyl (C=O) groups is 1. The van der Waals surface area contributed by atoms with E-state index in [0.29, 0.717) is 6.54 Å². The summed E-state index contributed by atoms with van der Waals surface area (Å²) in [6, 6.07) is 5.25. The largest absolute Gasteiger partial charge is 0.416 e. The molecule has 2 nitrogen and oxygen atoms in total. The van der Waals surface area contributed by atoms with Gasteiger partial charge in [-0.05, 0) is 30.0 Å². The SMILES string of the molecule is CC(CSC1CCNC1=O)c1ccc(C(F)(F)F)cc1. The van der Waals surface area contributed by atoms with Crippen LogP contribution in [0.3, 0.4) is 0 Å². The number of halogens is 3. The molecule has 1 saturated heterocycles. The molecule has 1 amide bonds. The first-order chi connectivity index (χ1) is 9.38. The van der Waals surface area contributed by atoms with Crippen LogP contribution in [0.5, 0.6) is 0 Å². The summed E-state index contributed by atoms with van der Waals surface area (Å²) in [7, 11) is 0. The Morgan fingerprint density at radius 1 is 1.35 bits per heavy atom. The van der Waals surface area contributed by atoms with Crippen molar-refractivity contribution in [1.82, 2.24) is 5.32 Å². The fourth-order valence-electron chi connectivity index (χ4n) is 2.09. The second-order valence-electron chi connectivity index (χ2n) is 4.92. The van der Waals surface area contributed by atoms with Crippen molar-refractivity contribution in [2.45, 2.75) is 30.7 Å². The number of nitrogens with one attached hydrogen (secondary N) is 1. The van der Waals surface area contributed by atoms with Gasteiger partial charge in [-0.3, -0.25) is 4.79 Å². The smallest absolute Gasteiger partial charge is 0.355 e. The van der Waals surface area contributed by atoms with E-state index in [2.05, 4.69) is 5.32 Å². The number of carbonyl (C=O) groups excluding carboxylic acids is 1. The van der Waals surface area contributed by atoms with Crippen LogP contribution in [0.4, 0.5) is 13.2 Å². The number of benzene rings is 1. The number of amides is 1. The van der Waals surface area contributed by atoms with Crippen molar-refractivity contribution in [3.63, 3.8) is 0 Å². The minimum absolute atomic E-state index is 0.0214. The monoisotopic (exact) mass is 303 g/mol. The molecular weight excluding hydrogens is 287 g/mol. The Kier molecular flexibility index (Phi) is 4.62. The van der Waals surface area contributed by atoms with Crippen LogP contribution in [0, 0.1) is 0 Å². The summed E-state index contributed by atoms with van der Waals surface area (Å²) in [5.74, 6) is 0.911. The predicted octanol–water partition coefficient (Wildman–Crippen LogP) is 3.43. The van der Waals surface area contributed by atoms with Crippen molar-refractivity contribution in [3.8, 4) is 0 Å². The Bertz CT molecular complexity index is 472. The lowest BCUT2D eigenvalue weighted by Crippen LogP contribution is -2.21. The van der Waals surface area contributed by atoms with Gasteiger partial charge in [-0.15, -0.1) is 11.8 Å². The van der Waals surface area contributed by atoms with Crippen molar-refractivity contribution >= 4 is 17.7 Å². The number of hydrogen-bond acceptors (Lipinski definition) is 2. The van der Waals surface area contributed by atoms with Crippen LogP contribution < -0.4 is 5.32 Å². The van der Waals surface area contributed by atoms with Gasteiger partial charge in [-0.2, -0.15) is 13.2 Å². The highest BCUT2D eigenvalue weighted by atomic mass is 32.2. The van der Waals surface area contributed by atoms with E-state index in [-0.39, 0.29) is 17.1 Å². The van der Waals surface area contributed by atoms with Crippen molar-refractivity contribution in [2.24, 2.45) is 0 Å². The molecule has 0 aromatic heterocycles. The van der Waals surface area contributed by atoms with Crippen LogP contribution in [-0.2, 0) is 11.0 Å². The zero-order valence-corrected chi connectivity index (χ0v) is 11.9. The minimum Gasteiger partial charge on any atom is -0.355 e. The predicted molar refractivity (Wildman–Crippen MR) is 73.7 cm³/mol. The van der Waals surface area contributed by atoms with Gasteiger partial charge in [0, 0.05) is 12.3 Å². The van der Waals surface area contributed by atoms with Crippen molar-refractivity contribution in [2.75, 3.05) is 12.3 Å². The third-order valence-corrected chi connectivity index (χ3v) is 4.90. The zero-order valence-electron chi connectivity index (χ0n) is 11.0. The first kappa shape index (κ1) is 15.2. The van der Waals surface area contributed by atoms with Gasteiger partial charge in [-0.1, -0.05) is 19.1 Å². The van der Waals surface area contributed by atoms with Crippen LogP contribution in [-0.4, -0.2) is 23.5 Å². The van der Waals surface area contributed by atoms with Crippen LogP contribution in [0.1, 0.15) is 30.4 Å². The summed E-state index contributed by atoms with van der Waals surface area (Å²) in [4.78, 5) is 11.4. The van der Waals surface area contributed by atoms with Crippen molar-refractivity contribution in [3.05, 3.63) is 35.4 Å². The Labute approximate surface area is 120 Å². The standard InChI is InChI=1S/C14H16F3NOS/c1-9(8-20-12-6-7-18-13(12)19)10-2-4-11(5-3-10)14(15,16)17/h2-5,9,12H,6-8H2,1H3,(H,18,19). The Balaban J connectivity index is 1.92. The molecule has 1 aliphatic rings. The third-order valence-electron chi connectivity index (χ3n) is 3.35. The molecule has 2 rings (SSSR count). The molecule has 110 valence electrons. The topological polar surface area (TPSA) is 29.1 Å². The van der Waals surface area contributed by atoms with E-state index in [9.17, 15) is 18.0 Å². The number of thioether (sulfide) groups is 1. The maximum absolute atomic E-state index is 12.5. The summed E-state index contributed by atoms with van der Waals surface area (Å²) in [5.41, 5.74) is 0.236. The summed E-state index contributed by atoms with van der Waals surface area (Å²) in [6.07, 6.45) is -3.47. The average Bonchev–Trinajstić information content (AvgIpc) is 2.81. The summed E-state index contributed by atoms with van der Waals surface area (Å²) in [6.45, 7) is 2.67. The summed E-state index contributed by atoms with van der Waals surface area (Å²) >= 11 is 1.57. The maximum Gasteiger partial charge on any atom is 0.416 e. The zero-order chi connectivity index (χ0) is 14.8. The molecule has 20 heavy (non-hydrogen) atoms. The second kappa shape index (κ2) is 6.08. The van der Waals surface area contributed by atoms with Gasteiger partial charge in [0.15, 0.2) is 0 Å². The lowest BCUT2D eigenvalue weighted by molar-refractivity contribution is -0.137. The molecule has 0 saturated carbocycles. The molecule has 2 atom stereocenters. The first-order valence-corrected chi connectivity index (χ1v) is 7.49. The molecule has 1 fully saturated rings. The van der Waals surface area contributed by atoms with Crippen molar-refractivity contribution < 1.29 is 18.0 Å². The molecule has 6 heteroatoms. The Hall–Kier alpha value is -1.17. The molecular formula is C14H16F3NOS. The molecule has 1 aromatic rings. The molecule has 1 aromatic carbocycles. The summed E-state index contributed by atoms with van der Waals surface area (Å²) < 4.78 is 37.4. The van der Waals surface area contributed by atoms with Crippen LogP contribution in [0.25, 0.3) is 0 Å². The average molecular weight is 303 g/mol. The van der Waals surface area contributed by atoms with Crippen molar-refractivity contribution in [1.29, 1.82) is 0 Å². The Morgan fingerprint density at radius 3 is 2.50 bits per heavy atom. The quantitative estimate of drug-likeness (QED) is 0.923. The maximum atomic E-state index is 12.5. The highest BCUT2D eigenvalue weighted by Gasteiger charge is 2.30. The molecule has 1 heterocycles. The first-order valence-electron chi connectivity index (χ1n) is 6.44. The highest BCUT2D eigenvalue weighted by Crippen LogP contribution is 2.31. The fraction of sp³-hybridized carbons (Fsp3) is 0.500. The second-order valence-corrected chi connectivity index (χ2v) is 6.16. The van der Waals surface area contributed by atoms with Crippen LogP contribution in [0.15, 0.2) is 24.3 Å². The van der Waals surface area contributed by atoms with E-state index in [1.54, 1.807) is 11.8 Å². The van der Waals surface area contributed by atoms with Crippen LogP contribution in [0.2, 0.25) is 0 Å². The van der Waals surface area contributed by atoms with Gasteiger partial charge in [0.1, 0.15) is 0 Å². The van der Waals surface area contributed by atoms with E-state index in [1.807, 2.05) is 6.92 Å². The van der Waals surface area contributed by atoms with E-state index in [1.165, 1.54) is 12.1 Å². The lowest BCUT2D eigenvalue weighted by atomic mass is 10.0. The van der Waals surface area contributed by atoms with E-state index < -0.39 is 11.7 Å². The van der Waals surface area contributed by atoms with E-state index >= 15 is 0 Å². The number of alkyl halides is 3. The van der Waals surface area contributed by atoms with Gasteiger partial charge in [0.2, 0.25) is 5.91 Å². The Morgan fingerprint density at radius 2 is 2.00 bits per heavy atom. The lowest BCUT2D eigenvalue weighted by Gasteiger charge is -2.15. The van der Waals surface area contributed by atoms with Gasteiger partial charge < -0.3 is 5.32 Å². The van der Waals surface area contributed by atoms with Crippen LogP contribution >= 0.6 is 11.8 Å². The molecule has 0 aliphatic carbocycles. The number of rotatable bonds is 4. The molecule has 1 N–H and O–H groups in total. The van der Waals surface area contributed by atoms with Gasteiger partial charge >= 0.3 is 6.18 Å².